The number of halogens is 1. The van der Waals surface area contributed by atoms with Crippen LogP contribution in [0.15, 0.2) is 18.3 Å². The Balaban J connectivity index is 3.12. The van der Waals surface area contributed by atoms with Crippen LogP contribution in [-0.4, -0.2) is 4.98 Å². The van der Waals surface area contributed by atoms with Crippen molar-refractivity contribution >= 4 is 0 Å². The largest absolute Gasteiger partial charge is 0.246 e. The van der Waals surface area contributed by atoms with Gasteiger partial charge >= 0.3 is 0 Å². The lowest BCUT2D eigenvalue weighted by Crippen LogP contribution is -1.88. The number of nitrogens with zero attached hydrogens (tertiary/aromatic N) is 2. The van der Waals surface area contributed by atoms with E-state index in [0.717, 1.165) is 0 Å². The minimum atomic E-state index is -0.628. The Morgan fingerprint density at radius 3 is 3.00 bits per heavy atom. The van der Waals surface area contributed by atoms with Gasteiger partial charge in [-0.15, -0.1) is 0 Å². The third kappa shape index (κ3) is 1.11. The van der Waals surface area contributed by atoms with E-state index >= 15 is 0 Å². The highest BCUT2D eigenvalue weighted by Gasteiger charge is 1.98. The van der Waals surface area contributed by atoms with E-state index < -0.39 is 6.67 Å². The second-order valence-corrected chi connectivity index (χ2v) is 1.76. The molecular weight excluding hydrogens is 131 g/mol. The maximum absolute atomic E-state index is 12.0. The number of alkyl halides is 1. The van der Waals surface area contributed by atoms with Crippen LogP contribution < -0.4 is 0 Å². The van der Waals surface area contributed by atoms with E-state index in [1.54, 1.807) is 18.2 Å². The molecule has 0 saturated heterocycles. The summed E-state index contributed by atoms with van der Waals surface area (Å²) in [6.07, 6.45) is 1.47. The van der Waals surface area contributed by atoms with E-state index in [2.05, 4.69) is 4.98 Å². The summed E-state index contributed by atoms with van der Waals surface area (Å²) in [4.78, 5) is 3.67. The predicted octanol–water partition coefficient (Wildman–Crippen LogP) is 1.42. The van der Waals surface area contributed by atoms with E-state index in [-0.39, 0.29) is 5.69 Å². The van der Waals surface area contributed by atoms with Gasteiger partial charge in [0.25, 0.3) is 0 Å². The van der Waals surface area contributed by atoms with Gasteiger partial charge in [0.15, 0.2) is 0 Å². The molecule has 0 spiro atoms. The zero-order chi connectivity index (χ0) is 7.40. The summed E-state index contributed by atoms with van der Waals surface area (Å²) in [5.41, 5.74) is 0.523. The van der Waals surface area contributed by atoms with Gasteiger partial charge in [0.1, 0.15) is 18.4 Å². The molecule has 0 aliphatic carbocycles. The first-order valence-corrected chi connectivity index (χ1v) is 2.78. The molecule has 0 saturated carbocycles. The molecule has 1 aromatic rings. The van der Waals surface area contributed by atoms with Crippen LogP contribution in [0.1, 0.15) is 11.3 Å². The molecule has 0 unspecified atom stereocenters. The molecule has 10 heavy (non-hydrogen) atoms. The molecule has 2 nitrogen and oxygen atoms in total. The summed E-state index contributed by atoms with van der Waals surface area (Å²) in [7, 11) is 0. The molecule has 3 heteroatoms. The average molecular weight is 136 g/mol. The lowest BCUT2D eigenvalue weighted by atomic mass is 10.2. The van der Waals surface area contributed by atoms with E-state index in [0.29, 0.717) is 5.56 Å². The minimum absolute atomic E-state index is 0.171. The maximum Gasteiger partial charge on any atom is 0.146 e. The number of rotatable bonds is 1. The highest BCUT2D eigenvalue weighted by atomic mass is 19.1. The van der Waals surface area contributed by atoms with Crippen LogP contribution in [0.4, 0.5) is 4.39 Å². The van der Waals surface area contributed by atoms with Crippen molar-refractivity contribution in [2.24, 2.45) is 0 Å². The second kappa shape index (κ2) is 2.92. The summed E-state index contributed by atoms with van der Waals surface area (Å²) in [6, 6.07) is 4.95. The van der Waals surface area contributed by atoms with Crippen LogP contribution in [-0.2, 0) is 6.67 Å². The Kier molecular flexibility index (Phi) is 1.96. The zero-order valence-electron chi connectivity index (χ0n) is 5.21. The lowest BCUT2D eigenvalue weighted by Gasteiger charge is -1.92. The van der Waals surface area contributed by atoms with Gasteiger partial charge in [-0.25, -0.2) is 9.37 Å². The van der Waals surface area contributed by atoms with Crippen molar-refractivity contribution in [3.8, 4) is 6.07 Å². The van der Waals surface area contributed by atoms with Crippen molar-refractivity contribution in [2.75, 3.05) is 0 Å². The SMILES string of the molecule is N#Cc1ncccc1CF. The first kappa shape index (κ1) is 6.69. The van der Waals surface area contributed by atoms with Crippen LogP contribution in [0.5, 0.6) is 0 Å². The standard InChI is InChI=1S/C7H5FN2/c8-4-6-2-1-3-10-7(6)5-9/h1-3H,4H2. The van der Waals surface area contributed by atoms with Crippen molar-refractivity contribution < 1.29 is 4.39 Å². The number of pyridine rings is 1. The number of hydrogen-bond donors (Lipinski definition) is 0. The molecule has 0 aliphatic rings. The summed E-state index contributed by atoms with van der Waals surface area (Å²) < 4.78 is 12.0. The molecule has 0 radical (unpaired) electrons. The minimum Gasteiger partial charge on any atom is -0.246 e. The van der Waals surface area contributed by atoms with Crippen LogP contribution in [0.25, 0.3) is 0 Å². The second-order valence-electron chi connectivity index (χ2n) is 1.76. The molecule has 0 bridgehead atoms. The van der Waals surface area contributed by atoms with E-state index in [4.69, 9.17) is 5.26 Å². The molecule has 0 fully saturated rings. The molecule has 0 amide bonds. The molecule has 0 aromatic carbocycles. The van der Waals surface area contributed by atoms with Crippen LogP contribution >= 0.6 is 0 Å². The van der Waals surface area contributed by atoms with Gasteiger partial charge in [-0.05, 0) is 6.07 Å². The molecule has 1 rings (SSSR count). The number of aromatic nitrogens is 1. The highest BCUT2D eigenvalue weighted by Crippen LogP contribution is 2.04. The molecule has 1 aromatic heterocycles. The van der Waals surface area contributed by atoms with Crippen molar-refractivity contribution in [3.63, 3.8) is 0 Å². The van der Waals surface area contributed by atoms with Crippen molar-refractivity contribution in [1.29, 1.82) is 5.26 Å². The smallest absolute Gasteiger partial charge is 0.146 e. The van der Waals surface area contributed by atoms with Crippen molar-refractivity contribution in [3.05, 3.63) is 29.6 Å². The lowest BCUT2D eigenvalue weighted by molar-refractivity contribution is 0.483. The van der Waals surface area contributed by atoms with Gasteiger partial charge in [0.05, 0.1) is 0 Å². The Hall–Kier alpha value is -1.43. The zero-order valence-corrected chi connectivity index (χ0v) is 5.21. The summed E-state index contributed by atoms with van der Waals surface area (Å²) in [6.45, 7) is -0.628. The Morgan fingerprint density at radius 1 is 1.70 bits per heavy atom. The van der Waals surface area contributed by atoms with E-state index in [9.17, 15) is 4.39 Å². The van der Waals surface area contributed by atoms with Crippen LogP contribution in [0.3, 0.4) is 0 Å². The summed E-state index contributed by atoms with van der Waals surface area (Å²) >= 11 is 0. The quantitative estimate of drug-likeness (QED) is 0.585. The van der Waals surface area contributed by atoms with Crippen molar-refractivity contribution in [1.82, 2.24) is 4.98 Å². The molecule has 1 heterocycles. The van der Waals surface area contributed by atoms with Gasteiger partial charge in [-0.3, -0.25) is 0 Å². The predicted molar refractivity (Wildman–Crippen MR) is 33.8 cm³/mol. The maximum atomic E-state index is 12.0. The van der Waals surface area contributed by atoms with Crippen molar-refractivity contribution in [2.45, 2.75) is 6.67 Å². The molecular formula is C7H5FN2. The first-order valence-electron chi connectivity index (χ1n) is 2.78. The summed E-state index contributed by atoms with van der Waals surface area (Å²) in [5, 5.41) is 8.37. The monoisotopic (exact) mass is 136 g/mol. The molecule has 0 aliphatic heterocycles. The topological polar surface area (TPSA) is 36.7 Å². The Bertz CT molecular complexity index is 265. The third-order valence-electron chi connectivity index (χ3n) is 1.14. The fourth-order valence-corrected chi connectivity index (χ4v) is 0.647. The fraction of sp³-hybridized carbons (Fsp3) is 0.143. The number of nitriles is 1. The van der Waals surface area contributed by atoms with Gasteiger partial charge in [-0.2, -0.15) is 5.26 Å². The Labute approximate surface area is 57.9 Å². The fourth-order valence-electron chi connectivity index (χ4n) is 0.647. The molecule has 50 valence electrons. The highest BCUT2D eigenvalue weighted by molar-refractivity contribution is 5.29. The third-order valence-corrected chi connectivity index (χ3v) is 1.14. The normalized spacial score (nSPS) is 8.80. The number of hydrogen-bond acceptors (Lipinski definition) is 2. The molecule has 0 N–H and O–H groups in total. The van der Waals surface area contributed by atoms with E-state index in [1.807, 2.05) is 0 Å². The Morgan fingerprint density at radius 2 is 2.50 bits per heavy atom. The first-order chi connectivity index (χ1) is 4.88. The van der Waals surface area contributed by atoms with E-state index in [1.165, 1.54) is 6.20 Å². The van der Waals surface area contributed by atoms with Gasteiger partial charge in [0, 0.05) is 11.8 Å². The molecule has 0 atom stereocenters. The average Bonchev–Trinajstić information content (AvgIpc) is 2.04. The summed E-state index contributed by atoms with van der Waals surface area (Å²) in [5.74, 6) is 0. The van der Waals surface area contributed by atoms with Gasteiger partial charge in [-0.1, -0.05) is 6.07 Å². The van der Waals surface area contributed by atoms with Crippen LogP contribution in [0, 0.1) is 11.3 Å². The van der Waals surface area contributed by atoms with Gasteiger partial charge in [0.2, 0.25) is 0 Å². The van der Waals surface area contributed by atoms with Gasteiger partial charge < -0.3 is 0 Å². The van der Waals surface area contributed by atoms with Crippen LogP contribution in [0.2, 0.25) is 0 Å².